The van der Waals surface area contributed by atoms with Crippen molar-refractivity contribution in [1.29, 1.82) is 0 Å². The highest BCUT2D eigenvalue weighted by molar-refractivity contribution is 8.04. The van der Waals surface area contributed by atoms with Crippen LogP contribution < -0.4 is 9.50 Å². The van der Waals surface area contributed by atoms with Crippen molar-refractivity contribution in [1.82, 2.24) is 0 Å². The molecule has 1 amide bonds. The summed E-state index contributed by atoms with van der Waals surface area (Å²) < 4.78 is 15.2. The molecular formula is C8H8ClNO3S. The van der Waals surface area contributed by atoms with Gasteiger partial charge in [-0.2, -0.15) is 4.21 Å². The zero-order valence-electron chi connectivity index (χ0n) is 7.32. The Morgan fingerprint density at radius 1 is 1.43 bits per heavy atom. The number of carbonyl (C=O) groups is 1. The van der Waals surface area contributed by atoms with Crippen LogP contribution in [-0.4, -0.2) is 10.1 Å². The van der Waals surface area contributed by atoms with Gasteiger partial charge in [-0.3, -0.25) is 4.79 Å². The summed E-state index contributed by atoms with van der Waals surface area (Å²) >= 11 is 0. The van der Waals surface area contributed by atoms with Gasteiger partial charge in [0.15, 0.2) is 0 Å². The number of benzene rings is 1. The maximum atomic E-state index is 10.7. The molecular weight excluding hydrogens is 226 g/mol. The lowest BCUT2D eigenvalue weighted by Gasteiger charge is -2.03. The van der Waals surface area contributed by atoms with E-state index in [1.54, 1.807) is 24.3 Å². The number of hydrogen-bond donors (Lipinski definition) is 1. The molecule has 1 aromatic carbocycles. The van der Waals surface area contributed by atoms with Crippen molar-refractivity contribution in [3.63, 3.8) is 0 Å². The van der Waals surface area contributed by atoms with Crippen molar-refractivity contribution in [2.75, 3.05) is 5.32 Å². The van der Waals surface area contributed by atoms with Crippen molar-refractivity contribution < 1.29 is 13.2 Å². The molecule has 76 valence electrons. The van der Waals surface area contributed by atoms with E-state index in [1.807, 2.05) is 0 Å². The molecule has 1 rings (SSSR count). The summed E-state index contributed by atoms with van der Waals surface area (Å²) in [6, 6.07) is 6.37. The van der Waals surface area contributed by atoms with E-state index in [0.29, 0.717) is 11.4 Å². The Labute approximate surface area is 88.4 Å². The number of nitrogens with one attached hydrogen (secondary N) is 1. The average molecular weight is 234 g/mol. The van der Waals surface area contributed by atoms with Crippen LogP contribution in [0.3, 0.4) is 0 Å². The molecule has 0 fully saturated rings. The molecule has 0 heterocycles. The standard InChI is InChI=1S/C8H8ClNO3S/c1-6(11)10-7-2-4-8(5-3-7)13-14(9)12/h2-5H,1H3,(H,10,11). The van der Waals surface area contributed by atoms with Crippen LogP contribution in [0.25, 0.3) is 0 Å². The van der Waals surface area contributed by atoms with Gasteiger partial charge in [-0.15, -0.1) is 0 Å². The van der Waals surface area contributed by atoms with Crippen LogP contribution in [0.2, 0.25) is 0 Å². The third kappa shape index (κ3) is 3.76. The van der Waals surface area contributed by atoms with Gasteiger partial charge in [-0.25, -0.2) is 0 Å². The van der Waals surface area contributed by atoms with Gasteiger partial charge in [0, 0.05) is 23.3 Å². The molecule has 1 N–H and O–H groups in total. The van der Waals surface area contributed by atoms with Crippen molar-refractivity contribution in [2.24, 2.45) is 0 Å². The molecule has 0 radical (unpaired) electrons. The SMILES string of the molecule is CC(=O)Nc1ccc(OS(=O)Cl)cc1. The second-order valence-corrected chi connectivity index (χ2v) is 3.79. The normalized spacial score (nSPS) is 11.9. The Kier molecular flexibility index (Phi) is 3.91. The smallest absolute Gasteiger partial charge is 0.308 e. The van der Waals surface area contributed by atoms with Gasteiger partial charge in [0.25, 0.3) is 0 Å². The van der Waals surface area contributed by atoms with Gasteiger partial charge in [0.05, 0.1) is 0 Å². The molecule has 0 bridgehead atoms. The van der Waals surface area contributed by atoms with E-state index < -0.39 is 10.3 Å². The highest BCUT2D eigenvalue weighted by atomic mass is 35.7. The third-order valence-corrected chi connectivity index (χ3v) is 1.85. The molecule has 6 heteroatoms. The summed E-state index contributed by atoms with van der Waals surface area (Å²) in [6.45, 7) is 1.41. The van der Waals surface area contributed by atoms with E-state index in [-0.39, 0.29) is 5.91 Å². The molecule has 14 heavy (non-hydrogen) atoms. The molecule has 1 unspecified atom stereocenters. The molecule has 0 spiro atoms. The topological polar surface area (TPSA) is 55.4 Å². The lowest BCUT2D eigenvalue weighted by molar-refractivity contribution is -0.114. The second-order valence-electron chi connectivity index (χ2n) is 2.48. The van der Waals surface area contributed by atoms with E-state index in [9.17, 15) is 9.00 Å². The molecule has 0 aliphatic heterocycles. The fraction of sp³-hybridized carbons (Fsp3) is 0.125. The first-order chi connectivity index (χ1) is 6.58. The highest BCUT2D eigenvalue weighted by Crippen LogP contribution is 2.16. The summed E-state index contributed by atoms with van der Waals surface area (Å²) in [5, 5.41) is 2.58. The van der Waals surface area contributed by atoms with E-state index in [1.165, 1.54) is 6.92 Å². The molecule has 0 aromatic heterocycles. The van der Waals surface area contributed by atoms with Crippen molar-refractivity contribution >= 4 is 32.6 Å². The summed E-state index contributed by atoms with van der Waals surface area (Å²) in [7, 11) is 3.27. The first kappa shape index (κ1) is 11.0. The first-order valence-electron chi connectivity index (χ1n) is 3.72. The number of halogens is 1. The molecule has 0 aliphatic carbocycles. The van der Waals surface area contributed by atoms with Gasteiger partial charge >= 0.3 is 10.3 Å². The third-order valence-electron chi connectivity index (χ3n) is 1.34. The first-order valence-corrected chi connectivity index (χ1v) is 5.62. The molecule has 0 saturated carbocycles. The minimum absolute atomic E-state index is 0.153. The summed E-state index contributed by atoms with van der Waals surface area (Å²) in [6.07, 6.45) is 0. The van der Waals surface area contributed by atoms with Crippen LogP contribution in [0.4, 0.5) is 5.69 Å². The maximum absolute atomic E-state index is 10.7. The fourth-order valence-corrected chi connectivity index (χ4v) is 1.35. The minimum Gasteiger partial charge on any atom is -0.389 e. The zero-order chi connectivity index (χ0) is 10.6. The van der Waals surface area contributed by atoms with Crippen LogP contribution in [0.1, 0.15) is 6.92 Å². The maximum Gasteiger partial charge on any atom is 0.308 e. The van der Waals surface area contributed by atoms with Crippen molar-refractivity contribution in [3.8, 4) is 5.75 Å². The molecule has 4 nitrogen and oxygen atoms in total. The quantitative estimate of drug-likeness (QED) is 0.811. The van der Waals surface area contributed by atoms with Gasteiger partial charge in [0.1, 0.15) is 5.75 Å². The van der Waals surface area contributed by atoms with Crippen LogP contribution in [0.15, 0.2) is 24.3 Å². The lowest BCUT2D eigenvalue weighted by Crippen LogP contribution is -2.05. The van der Waals surface area contributed by atoms with Crippen LogP contribution in [0.5, 0.6) is 5.75 Å². The number of carbonyl (C=O) groups excluding carboxylic acids is 1. The molecule has 0 saturated heterocycles. The zero-order valence-corrected chi connectivity index (χ0v) is 8.89. The Hall–Kier alpha value is -1.07. The molecule has 1 aromatic rings. The predicted octanol–water partition coefficient (Wildman–Crippen LogP) is 1.84. The van der Waals surface area contributed by atoms with Gasteiger partial charge in [-0.05, 0) is 24.3 Å². The lowest BCUT2D eigenvalue weighted by atomic mass is 10.3. The number of anilines is 1. The van der Waals surface area contributed by atoms with Crippen molar-refractivity contribution in [3.05, 3.63) is 24.3 Å². The molecule has 1 atom stereocenters. The van der Waals surface area contributed by atoms with Crippen molar-refractivity contribution in [2.45, 2.75) is 6.92 Å². The molecule has 0 aliphatic rings. The Morgan fingerprint density at radius 3 is 2.43 bits per heavy atom. The summed E-state index contributed by atoms with van der Waals surface area (Å²) in [5.41, 5.74) is 0.644. The van der Waals surface area contributed by atoms with E-state index in [4.69, 9.17) is 14.9 Å². The van der Waals surface area contributed by atoms with Crippen LogP contribution in [-0.2, 0) is 15.1 Å². The van der Waals surface area contributed by atoms with E-state index >= 15 is 0 Å². The number of hydrogen-bond acceptors (Lipinski definition) is 3. The van der Waals surface area contributed by atoms with Gasteiger partial charge in [0.2, 0.25) is 5.91 Å². The van der Waals surface area contributed by atoms with E-state index in [2.05, 4.69) is 5.32 Å². The Morgan fingerprint density at radius 2 is 2.00 bits per heavy atom. The van der Waals surface area contributed by atoms with Crippen LogP contribution >= 0.6 is 10.7 Å². The number of amides is 1. The fourth-order valence-electron chi connectivity index (χ4n) is 0.873. The minimum atomic E-state index is -1.85. The van der Waals surface area contributed by atoms with Gasteiger partial charge in [-0.1, -0.05) is 0 Å². The number of rotatable bonds is 3. The predicted molar refractivity (Wildman–Crippen MR) is 55.4 cm³/mol. The largest absolute Gasteiger partial charge is 0.389 e. The average Bonchev–Trinajstić information content (AvgIpc) is 2.06. The van der Waals surface area contributed by atoms with Gasteiger partial charge < -0.3 is 9.50 Å². The Balaban J connectivity index is 2.68. The second kappa shape index (κ2) is 4.97. The van der Waals surface area contributed by atoms with Crippen LogP contribution in [0, 0.1) is 0 Å². The monoisotopic (exact) mass is 233 g/mol. The van der Waals surface area contributed by atoms with E-state index in [0.717, 1.165) is 0 Å². The highest BCUT2D eigenvalue weighted by Gasteiger charge is 1.99. The summed E-state index contributed by atoms with van der Waals surface area (Å²) in [5.74, 6) is 0.229. The summed E-state index contributed by atoms with van der Waals surface area (Å²) in [4.78, 5) is 10.7. The Bertz CT molecular complexity index is 317.